The fourth-order valence-corrected chi connectivity index (χ4v) is 3.59. The van der Waals surface area contributed by atoms with Gasteiger partial charge < -0.3 is 14.6 Å². The van der Waals surface area contributed by atoms with Crippen molar-refractivity contribution in [3.05, 3.63) is 79.6 Å². The minimum absolute atomic E-state index is 0.0166. The standard InChI is InChI=1S/C23H20Cl2N2O6/c1-12(2)16-10-19(26-27(22(16)29)11-13-4-6-15(32-3)7-5-13)33-21-17(24)8-14(9-18(21)25)20(28)23(30)31/h4-10,12H,11H2,1-3H3,(H,30,31). The summed E-state index contributed by atoms with van der Waals surface area (Å²) < 4.78 is 12.2. The van der Waals surface area contributed by atoms with E-state index >= 15 is 0 Å². The normalized spacial score (nSPS) is 10.8. The Morgan fingerprint density at radius 2 is 1.70 bits per heavy atom. The molecule has 0 aliphatic carbocycles. The number of ketones is 1. The van der Waals surface area contributed by atoms with Crippen LogP contribution in [0.15, 0.2) is 47.3 Å². The number of hydrogen-bond donors (Lipinski definition) is 1. The molecular formula is C23H20Cl2N2O6. The molecule has 0 amide bonds. The second kappa shape index (κ2) is 10.1. The molecular weight excluding hydrogens is 471 g/mol. The Balaban J connectivity index is 2.00. The van der Waals surface area contributed by atoms with E-state index in [2.05, 4.69) is 5.10 Å². The van der Waals surface area contributed by atoms with Crippen LogP contribution in [0.1, 0.15) is 41.3 Å². The van der Waals surface area contributed by atoms with Crippen molar-refractivity contribution in [1.29, 1.82) is 0 Å². The number of carboxylic acids is 1. The zero-order chi connectivity index (χ0) is 24.3. The van der Waals surface area contributed by atoms with E-state index in [1.54, 1.807) is 19.2 Å². The summed E-state index contributed by atoms with van der Waals surface area (Å²) in [6, 6.07) is 11.0. The van der Waals surface area contributed by atoms with Gasteiger partial charge in [-0.3, -0.25) is 9.59 Å². The molecule has 2 aromatic carbocycles. The van der Waals surface area contributed by atoms with Crippen LogP contribution in [0.5, 0.6) is 17.4 Å². The Bertz CT molecular complexity index is 1250. The zero-order valence-electron chi connectivity index (χ0n) is 18.0. The first-order valence-electron chi connectivity index (χ1n) is 9.80. The SMILES string of the molecule is COc1ccc(Cn2nc(Oc3c(Cl)cc(C(=O)C(=O)O)cc3Cl)cc(C(C)C)c2=O)cc1. The van der Waals surface area contributed by atoms with Crippen molar-refractivity contribution < 1.29 is 24.2 Å². The Morgan fingerprint density at radius 1 is 1.09 bits per heavy atom. The number of halogens is 2. The van der Waals surface area contributed by atoms with Gasteiger partial charge in [-0.1, -0.05) is 49.2 Å². The van der Waals surface area contributed by atoms with E-state index < -0.39 is 11.8 Å². The van der Waals surface area contributed by atoms with Gasteiger partial charge in [0.15, 0.2) is 5.75 Å². The molecule has 172 valence electrons. The molecule has 0 bridgehead atoms. The number of aromatic nitrogens is 2. The maximum Gasteiger partial charge on any atom is 0.377 e. The van der Waals surface area contributed by atoms with Crippen molar-refractivity contribution in [3.63, 3.8) is 0 Å². The zero-order valence-corrected chi connectivity index (χ0v) is 19.5. The van der Waals surface area contributed by atoms with Crippen LogP contribution in [0.25, 0.3) is 0 Å². The lowest BCUT2D eigenvalue weighted by atomic mass is 10.1. The molecule has 0 aliphatic heterocycles. The predicted molar refractivity (Wildman–Crippen MR) is 123 cm³/mol. The maximum absolute atomic E-state index is 12.9. The van der Waals surface area contributed by atoms with E-state index in [9.17, 15) is 14.4 Å². The Hall–Kier alpha value is -3.36. The van der Waals surface area contributed by atoms with Gasteiger partial charge in [0, 0.05) is 17.2 Å². The lowest BCUT2D eigenvalue weighted by Gasteiger charge is -2.15. The number of aliphatic carboxylic acids is 1. The van der Waals surface area contributed by atoms with Gasteiger partial charge in [-0.05, 0) is 35.7 Å². The third-order valence-electron chi connectivity index (χ3n) is 4.75. The number of ether oxygens (including phenoxy) is 2. The van der Waals surface area contributed by atoms with E-state index in [4.69, 9.17) is 37.8 Å². The summed E-state index contributed by atoms with van der Waals surface area (Å²) in [5.41, 5.74) is 0.834. The number of rotatable bonds is 8. The number of carbonyl (C=O) groups is 2. The monoisotopic (exact) mass is 490 g/mol. The van der Waals surface area contributed by atoms with Gasteiger partial charge in [-0.2, -0.15) is 0 Å². The number of carbonyl (C=O) groups excluding carboxylic acids is 1. The van der Waals surface area contributed by atoms with Gasteiger partial charge in [0.1, 0.15) is 5.75 Å². The highest BCUT2D eigenvalue weighted by Gasteiger charge is 2.21. The van der Waals surface area contributed by atoms with Crippen molar-refractivity contribution in [2.24, 2.45) is 0 Å². The summed E-state index contributed by atoms with van der Waals surface area (Å²) in [5, 5.41) is 13.0. The fraction of sp³-hybridized carbons (Fsp3) is 0.217. The molecule has 0 unspecified atom stereocenters. The third kappa shape index (κ3) is 5.53. The van der Waals surface area contributed by atoms with Gasteiger partial charge in [0.25, 0.3) is 11.3 Å². The molecule has 1 N–H and O–H groups in total. The Morgan fingerprint density at radius 3 is 2.21 bits per heavy atom. The Kier molecular flexibility index (Phi) is 7.40. The fourth-order valence-electron chi connectivity index (χ4n) is 3.03. The summed E-state index contributed by atoms with van der Waals surface area (Å²) in [4.78, 5) is 35.6. The van der Waals surface area contributed by atoms with Gasteiger partial charge >= 0.3 is 5.97 Å². The molecule has 0 saturated carbocycles. The van der Waals surface area contributed by atoms with Crippen molar-refractivity contribution in [1.82, 2.24) is 9.78 Å². The Labute approximate surface area is 199 Å². The highest BCUT2D eigenvalue weighted by Crippen LogP contribution is 2.37. The second-order valence-electron chi connectivity index (χ2n) is 7.41. The molecule has 3 aromatic rings. The highest BCUT2D eigenvalue weighted by molar-refractivity contribution is 6.42. The van der Waals surface area contributed by atoms with Gasteiger partial charge in [-0.15, -0.1) is 5.10 Å². The largest absolute Gasteiger partial charge is 0.497 e. The lowest BCUT2D eigenvalue weighted by molar-refractivity contribution is -0.131. The molecule has 0 spiro atoms. The molecule has 3 rings (SSSR count). The molecule has 0 aliphatic rings. The molecule has 8 nitrogen and oxygen atoms in total. The van der Waals surface area contributed by atoms with Crippen molar-refractivity contribution in [2.45, 2.75) is 26.3 Å². The number of methoxy groups -OCH3 is 1. The highest BCUT2D eigenvalue weighted by atomic mass is 35.5. The summed E-state index contributed by atoms with van der Waals surface area (Å²) in [6.07, 6.45) is 0. The number of Topliss-reactive ketones (excluding diaryl/α,β-unsaturated/α-hetero) is 1. The topological polar surface area (TPSA) is 108 Å². The van der Waals surface area contributed by atoms with Crippen LogP contribution >= 0.6 is 23.2 Å². The first-order chi connectivity index (χ1) is 15.6. The summed E-state index contributed by atoms with van der Waals surface area (Å²) in [6.45, 7) is 3.92. The van der Waals surface area contributed by atoms with Crippen molar-refractivity contribution in [3.8, 4) is 17.4 Å². The average Bonchev–Trinajstić information content (AvgIpc) is 2.77. The van der Waals surface area contributed by atoms with Crippen LogP contribution in [0, 0.1) is 0 Å². The van der Waals surface area contributed by atoms with E-state index in [0.717, 1.165) is 17.7 Å². The van der Waals surface area contributed by atoms with E-state index in [1.165, 1.54) is 10.7 Å². The van der Waals surface area contributed by atoms with Crippen LogP contribution in [-0.4, -0.2) is 33.7 Å². The smallest absolute Gasteiger partial charge is 0.377 e. The van der Waals surface area contributed by atoms with Crippen LogP contribution in [0.4, 0.5) is 0 Å². The maximum atomic E-state index is 12.9. The number of hydrogen-bond acceptors (Lipinski definition) is 6. The van der Waals surface area contributed by atoms with E-state index in [-0.39, 0.29) is 45.3 Å². The van der Waals surface area contributed by atoms with Gasteiger partial charge in [-0.25, -0.2) is 9.48 Å². The van der Waals surface area contributed by atoms with Crippen molar-refractivity contribution >= 4 is 35.0 Å². The summed E-state index contributed by atoms with van der Waals surface area (Å²) in [7, 11) is 1.57. The molecule has 33 heavy (non-hydrogen) atoms. The van der Waals surface area contributed by atoms with E-state index in [0.29, 0.717) is 11.3 Å². The van der Waals surface area contributed by atoms with Gasteiger partial charge in [0.2, 0.25) is 5.88 Å². The minimum atomic E-state index is -1.63. The first-order valence-corrected chi connectivity index (χ1v) is 10.6. The molecule has 0 radical (unpaired) electrons. The number of benzene rings is 2. The quantitative estimate of drug-likeness (QED) is 0.357. The average molecular weight is 491 g/mol. The third-order valence-corrected chi connectivity index (χ3v) is 5.32. The summed E-state index contributed by atoms with van der Waals surface area (Å²) >= 11 is 12.4. The molecule has 1 aromatic heterocycles. The van der Waals surface area contributed by atoms with Crippen LogP contribution in [0.3, 0.4) is 0 Å². The molecule has 0 saturated heterocycles. The van der Waals surface area contributed by atoms with Gasteiger partial charge in [0.05, 0.1) is 23.7 Å². The number of carboxylic acid groups (broad SMARTS) is 1. The van der Waals surface area contributed by atoms with E-state index in [1.807, 2.05) is 26.0 Å². The predicted octanol–water partition coefficient (Wildman–Crippen LogP) is 4.79. The van der Waals surface area contributed by atoms with Crippen molar-refractivity contribution in [2.75, 3.05) is 7.11 Å². The first kappa shape index (κ1) is 24.3. The molecule has 10 heteroatoms. The van der Waals surface area contributed by atoms with Crippen LogP contribution in [-0.2, 0) is 11.3 Å². The lowest BCUT2D eigenvalue weighted by Crippen LogP contribution is -2.27. The molecule has 0 atom stereocenters. The summed E-state index contributed by atoms with van der Waals surface area (Å²) in [5.74, 6) is -2.17. The number of nitrogens with zero attached hydrogens (tertiary/aromatic N) is 2. The minimum Gasteiger partial charge on any atom is -0.497 e. The van der Waals surface area contributed by atoms with Crippen LogP contribution < -0.4 is 15.0 Å². The molecule has 0 fully saturated rings. The van der Waals surface area contributed by atoms with Crippen LogP contribution in [0.2, 0.25) is 10.0 Å². The second-order valence-corrected chi connectivity index (χ2v) is 8.22. The molecule has 1 heterocycles.